The third-order valence-corrected chi connectivity index (χ3v) is 2.84. The molecule has 0 N–H and O–H groups in total. The van der Waals surface area contributed by atoms with E-state index in [1.54, 1.807) is 6.20 Å². The van der Waals surface area contributed by atoms with Crippen LogP contribution in [-0.2, 0) is 0 Å². The number of nitrogens with zero attached hydrogens (tertiary/aromatic N) is 3. The molecule has 1 atom stereocenters. The second-order valence-electron chi connectivity index (χ2n) is 3.75. The number of halogens is 1. The fraction of sp³-hybridized carbons (Fsp3) is 0.600. The highest BCUT2D eigenvalue weighted by atomic mass is 35.5. The standard InChI is InChI=1S/C10H14ClN3/c1-7-5-12-8(2)10(13-7)14-4-3-9(11)6-14/h5,9H,3-4,6H2,1-2H3. The summed E-state index contributed by atoms with van der Waals surface area (Å²) >= 11 is 6.06. The summed E-state index contributed by atoms with van der Waals surface area (Å²) in [5, 5.41) is 0.261. The summed E-state index contributed by atoms with van der Waals surface area (Å²) in [4.78, 5) is 11.0. The quantitative estimate of drug-likeness (QED) is 0.665. The first-order valence-electron chi connectivity index (χ1n) is 4.86. The van der Waals surface area contributed by atoms with E-state index in [0.29, 0.717) is 0 Å². The van der Waals surface area contributed by atoms with Gasteiger partial charge in [0.15, 0.2) is 0 Å². The van der Waals surface area contributed by atoms with Gasteiger partial charge in [-0.1, -0.05) is 0 Å². The summed E-state index contributed by atoms with van der Waals surface area (Å²) in [6, 6.07) is 0. The predicted molar refractivity (Wildman–Crippen MR) is 58.0 cm³/mol. The van der Waals surface area contributed by atoms with Gasteiger partial charge in [0.1, 0.15) is 5.82 Å². The lowest BCUT2D eigenvalue weighted by Gasteiger charge is -2.18. The third-order valence-electron chi connectivity index (χ3n) is 2.48. The van der Waals surface area contributed by atoms with Crippen molar-refractivity contribution in [3.05, 3.63) is 17.6 Å². The Hall–Kier alpha value is -0.830. The van der Waals surface area contributed by atoms with Crippen molar-refractivity contribution in [2.75, 3.05) is 18.0 Å². The summed E-state index contributed by atoms with van der Waals surface area (Å²) in [6.07, 6.45) is 2.84. The molecule has 4 heteroatoms. The van der Waals surface area contributed by atoms with E-state index in [1.165, 1.54) is 0 Å². The van der Waals surface area contributed by atoms with Crippen molar-refractivity contribution >= 4 is 17.4 Å². The molecular formula is C10H14ClN3. The summed E-state index contributed by atoms with van der Waals surface area (Å²) in [5.41, 5.74) is 1.95. The predicted octanol–water partition coefficient (Wildman–Crippen LogP) is 1.91. The van der Waals surface area contributed by atoms with E-state index < -0.39 is 0 Å². The van der Waals surface area contributed by atoms with E-state index in [4.69, 9.17) is 11.6 Å². The molecule has 0 radical (unpaired) electrons. The maximum absolute atomic E-state index is 6.06. The van der Waals surface area contributed by atoms with Crippen LogP contribution in [0.3, 0.4) is 0 Å². The van der Waals surface area contributed by atoms with Crippen LogP contribution in [0.15, 0.2) is 6.20 Å². The average Bonchev–Trinajstić information content (AvgIpc) is 2.56. The van der Waals surface area contributed by atoms with Gasteiger partial charge in [-0.05, 0) is 20.3 Å². The topological polar surface area (TPSA) is 29.0 Å². The second kappa shape index (κ2) is 3.73. The molecule has 0 saturated carbocycles. The molecule has 1 aliphatic rings. The monoisotopic (exact) mass is 211 g/mol. The maximum Gasteiger partial charge on any atom is 0.150 e. The maximum atomic E-state index is 6.06. The molecule has 3 nitrogen and oxygen atoms in total. The number of hydrogen-bond acceptors (Lipinski definition) is 3. The van der Waals surface area contributed by atoms with E-state index in [1.807, 2.05) is 13.8 Å². The summed E-state index contributed by atoms with van der Waals surface area (Å²) < 4.78 is 0. The summed E-state index contributed by atoms with van der Waals surface area (Å²) in [7, 11) is 0. The normalized spacial score (nSPS) is 21.6. The smallest absolute Gasteiger partial charge is 0.150 e. The Labute approximate surface area is 89.1 Å². The number of rotatable bonds is 1. The van der Waals surface area contributed by atoms with E-state index in [0.717, 1.165) is 36.7 Å². The van der Waals surface area contributed by atoms with Crippen LogP contribution in [0.5, 0.6) is 0 Å². The molecule has 0 aliphatic carbocycles. The largest absolute Gasteiger partial charge is 0.354 e. The number of aryl methyl sites for hydroxylation is 2. The average molecular weight is 212 g/mol. The summed E-state index contributed by atoms with van der Waals surface area (Å²) in [6.45, 7) is 5.83. The van der Waals surface area contributed by atoms with E-state index in [9.17, 15) is 0 Å². The van der Waals surface area contributed by atoms with Gasteiger partial charge in [-0.3, -0.25) is 4.98 Å². The molecule has 0 spiro atoms. The Morgan fingerprint density at radius 2 is 2.29 bits per heavy atom. The van der Waals surface area contributed by atoms with Crippen molar-refractivity contribution in [1.82, 2.24) is 9.97 Å². The fourth-order valence-electron chi connectivity index (χ4n) is 1.73. The molecule has 2 rings (SSSR count). The first-order chi connectivity index (χ1) is 6.66. The Kier molecular flexibility index (Phi) is 2.59. The van der Waals surface area contributed by atoms with Crippen molar-refractivity contribution in [3.63, 3.8) is 0 Å². The molecule has 1 aromatic rings. The molecule has 1 fully saturated rings. The first kappa shape index (κ1) is 9.71. The van der Waals surface area contributed by atoms with Gasteiger partial charge in [0, 0.05) is 19.3 Å². The number of hydrogen-bond donors (Lipinski definition) is 0. The fourth-order valence-corrected chi connectivity index (χ4v) is 2.00. The lowest BCUT2D eigenvalue weighted by molar-refractivity contribution is 0.899. The highest BCUT2D eigenvalue weighted by Gasteiger charge is 2.22. The zero-order valence-electron chi connectivity index (χ0n) is 8.50. The van der Waals surface area contributed by atoms with Gasteiger partial charge in [0.05, 0.1) is 16.8 Å². The van der Waals surface area contributed by atoms with Crippen molar-refractivity contribution < 1.29 is 0 Å². The van der Waals surface area contributed by atoms with Gasteiger partial charge < -0.3 is 4.90 Å². The van der Waals surface area contributed by atoms with Crippen LogP contribution >= 0.6 is 11.6 Å². The number of anilines is 1. The van der Waals surface area contributed by atoms with Crippen LogP contribution in [0.25, 0.3) is 0 Å². The van der Waals surface area contributed by atoms with Crippen molar-refractivity contribution in [2.45, 2.75) is 25.6 Å². The van der Waals surface area contributed by atoms with E-state index in [2.05, 4.69) is 14.9 Å². The zero-order valence-corrected chi connectivity index (χ0v) is 9.25. The van der Waals surface area contributed by atoms with Crippen LogP contribution in [0.2, 0.25) is 0 Å². The number of alkyl halides is 1. The third kappa shape index (κ3) is 1.82. The molecule has 76 valence electrons. The van der Waals surface area contributed by atoms with E-state index >= 15 is 0 Å². The van der Waals surface area contributed by atoms with Gasteiger partial charge >= 0.3 is 0 Å². The minimum absolute atomic E-state index is 0.261. The van der Waals surface area contributed by atoms with Crippen LogP contribution in [0.1, 0.15) is 17.8 Å². The Morgan fingerprint density at radius 1 is 1.50 bits per heavy atom. The minimum atomic E-state index is 0.261. The minimum Gasteiger partial charge on any atom is -0.354 e. The lowest BCUT2D eigenvalue weighted by atomic mass is 10.4. The van der Waals surface area contributed by atoms with Crippen molar-refractivity contribution in [1.29, 1.82) is 0 Å². The van der Waals surface area contributed by atoms with Crippen molar-refractivity contribution in [3.8, 4) is 0 Å². The summed E-state index contributed by atoms with van der Waals surface area (Å²) in [5.74, 6) is 0.994. The highest BCUT2D eigenvalue weighted by molar-refractivity contribution is 6.21. The Morgan fingerprint density at radius 3 is 2.93 bits per heavy atom. The zero-order chi connectivity index (χ0) is 10.1. The van der Waals surface area contributed by atoms with Crippen LogP contribution in [0, 0.1) is 13.8 Å². The molecule has 1 aromatic heterocycles. The molecule has 1 aliphatic heterocycles. The Balaban J connectivity index is 2.27. The van der Waals surface area contributed by atoms with Gasteiger partial charge in [0.2, 0.25) is 0 Å². The van der Waals surface area contributed by atoms with Gasteiger partial charge in [-0.15, -0.1) is 11.6 Å². The van der Waals surface area contributed by atoms with Gasteiger partial charge in [0.25, 0.3) is 0 Å². The van der Waals surface area contributed by atoms with Crippen LogP contribution in [0.4, 0.5) is 5.82 Å². The van der Waals surface area contributed by atoms with Crippen LogP contribution in [-0.4, -0.2) is 28.4 Å². The first-order valence-corrected chi connectivity index (χ1v) is 5.29. The highest BCUT2D eigenvalue weighted by Crippen LogP contribution is 2.23. The molecule has 1 saturated heterocycles. The lowest BCUT2D eigenvalue weighted by Crippen LogP contribution is -2.22. The molecule has 0 bridgehead atoms. The molecule has 0 aromatic carbocycles. The molecular weight excluding hydrogens is 198 g/mol. The molecule has 14 heavy (non-hydrogen) atoms. The van der Waals surface area contributed by atoms with Gasteiger partial charge in [-0.2, -0.15) is 0 Å². The molecule has 2 heterocycles. The SMILES string of the molecule is Cc1cnc(C)c(N2CCC(Cl)C2)n1. The molecule has 0 amide bonds. The number of aromatic nitrogens is 2. The van der Waals surface area contributed by atoms with Gasteiger partial charge in [-0.25, -0.2) is 4.98 Å². The van der Waals surface area contributed by atoms with E-state index in [-0.39, 0.29) is 5.38 Å². The molecule has 1 unspecified atom stereocenters. The van der Waals surface area contributed by atoms with Crippen LogP contribution < -0.4 is 4.90 Å². The Bertz CT molecular complexity index is 340. The second-order valence-corrected chi connectivity index (χ2v) is 4.37. The van der Waals surface area contributed by atoms with Crippen molar-refractivity contribution in [2.24, 2.45) is 0 Å².